The van der Waals surface area contributed by atoms with E-state index >= 15 is 0 Å². The summed E-state index contributed by atoms with van der Waals surface area (Å²) >= 11 is 4.24. The minimum Gasteiger partial charge on any atom is -0.516 e. The summed E-state index contributed by atoms with van der Waals surface area (Å²) < 4.78 is 70.9. The monoisotopic (exact) mass is 1900 g/mol. The number of esters is 6. The Morgan fingerprint density at radius 1 is 0.305 bits per heavy atom. The van der Waals surface area contributed by atoms with Gasteiger partial charge in [0.25, 0.3) is 0 Å². The number of rotatable bonds is 40. The molecule has 0 saturated carbocycles. The van der Waals surface area contributed by atoms with Crippen LogP contribution in [0, 0.1) is 36.4 Å². The number of carbonyl (C=O) groups is 6. The van der Waals surface area contributed by atoms with Crippen molar-refractivity contribution in [3.8, 4) is 34.5 Å². The number of aliphatic hydroxyl groups is 4. The summed E-state index contributed by atoms with van der Waals surface area (Å²) in [5.41, 5.74) is 0. The van der Waals surface area contributed by atoms with Crippen LogP contribution >= 0.6 is 37.2 Å². The fourth-order valence-corrected chi connectivity index (χ4v) is 6.13. The Hall–Kier alpha value is -6.09. The van der Waals surface area contributed by atoms with Gasteiger partial charge in [-0.1, -0.05) is 39.5 Å². The van der Waals surface area contributed by atoms with E-state index in [1.165, 1.54) is 0 Å². The fraction of sp³-hybridized carbons (Fsp3) is 0.289. The molecule has 563 valence electrons. The topological polar surface area (TPSA) is 313 Å². The summed E-state index contributed by atoms with van der Waals surface area (Å²) in [4.78, 5) is 64.2. The van der Waals surface area contributed by atoms with E-state index in [0.717, 1.165) is 59.5 Å². The first-order valence-corrected chi connectivity index (χ1v) is 37.0. The van der Waals surface area contributed by atoms with Crippen LogP contribution in [0.1, 0.15) is 13.8 Å². The molecule has 0 spiro atoms. The van der Waals surface area contributed by atoms with E-state index in [-0.39, 0.29) is 176 Å². The van der Waals surface area contributed by atoms with E-state index in [1.54, 1.807) is 146 Å². The van der Waals surface area contributed by atoms with Gasteiger partial charge in [-0.2, -0.15) is 109 Å². The molecule has 0 heterocycles. The van der Waals surface area contributed by atoms with Crippen molar-refractivity contribution in [1.29, 1.82) is 0 Å². The van der Waals surface area contributed by atoms with Crippen molar-refractivity contribution in [3.05, 3.63) is 258 Å². The molecule has 6 atom stereocenters. The van der Waals surface area contributed by atoms with Crippen LogP contribution in [0.2, 0.25) is 0 Å². The molecular formula is C76H86I2O24Y3-6. The molecule has 0 aliphatic rings. The van der Waals surface area contributed by atoms with Crippen LogP contribution in [0.15, 0.2) is 222 Å². The third kappa shape index (κ3) is 64.8. The molecule has 0 aliphatic heterocycles. The van der Waals surface area contributed by atoms with Gasteiger partial charge < -0.3 is 86.7 Å². The van der Waals surface area contributed by atoms with Gasteiger partial charge in [-0.3, -0.25) is 0 Å². The Labute approximate surface area is 714 Å². The van der Waals surface area contributed by atoms with Crippen molar-refractivity contribution >= 4 is 73.0 Å². The van der Waals surface area contributed by atoms with Gasteiger partial charge in [-0.15, -0.1) is 72.8 Å². The van der Waals surface area contributed by atoms with Crippen molar-refractivity contribution in [2.45, 2.75) is 50.5 Å². The zero-order valence-corrected chi connectivity index (χ0v) is 71.2. The summed E-state index contributed by atoms with van der Waals surface area (Å²) in [5, 5.41) is 37.9. The third-order valence-corrected chi connectivity index (χ3v) is 11.0. The molecule has 6 rings (SSSR count). The van der Waals surface area contributed by atoms with Crippen molar-refractivity contribution in [2.24, 2.45) is 0 Å². The van der Waals surface area contributed by atoms with Crippen LogP contribution in [0.3, 0.4) is 0 Å². The summed E-state index contributed by atoms with van der Waals surface area (Å²) in [6.07, 6.45) is 2.59. The summed E-state index contributed by atoms with van der Waals surface area (Å²) in [7, 11) is 0. The van der Waals surface area contributed by atoms with Crippen LogP contribution in [-0.4, -0.2) is 185 Å². The molecule has 0 aromatic heterocycles. The maximum atomic E-state index is 10.8. The standard InChI is InChI=1S/2C15H19O5.2C12H13O4.2C11H11O3.I2.3Y/c2*1-3-15(17)20-11-13(16)10-18-12(2)9-19-14-7-5-4-6-8-14;2*1-2-12(14)16-9-10(13)8-15-11-6-4-3-5-7-11;2*1-2-11(12)14-9-8-13-10-6-4-3-5-7-10;1-2;;;/h2*3,5-8,12-13,16H,1,9-11H2,2H3;2*2,4-7,10,13H,1,8-9H2;2*2,4-7H,1,8-9H2;;;;/q6*-1;;;;. The molecule has 6 aromatic carbocycles. The SMILES string of the molecule is C=CC(=O)OCC(O)COC(C)COc1cc[c-]cc1.C=CC(=O)OCC(O)COC(C)COc1cc[c-]cc1.C=CC(=O)OCC(O)COc1cc[c-]cc1.C=CC(=O)OCC(O)COc1cc[c-]cc1.C=CC(=O)OCCOc1cc[c-]cc1.C=CC(=O)OCCOc1cc[c-]cc1.II.[Y].[Y].[Y]. The molecule has 105 heavy (non-hydrogen) atoms. The first-order valence-electron chi connectivity index (χ1n) is 30.7. The third-order valence-electron chi connectivity index (χ3n) is 11.0. The molecule has 24 nitrogen and oxygen atoms in total. The van der Waals surface area contributed by atoms with Gasteiger partial charge in [-0.25, -0.2) is 28.8 Å². The summed E-state index contributed by atoms with van der Waals surface area (Å²) in [5.74, 6) is 1.08. The second-order valence-corrected chi connectivity index (χ2v) is 19.3. The zero-order chi connectivity index (χ0) is 75.6. The summed E-state index contributed by atoms with van der Waals surface area (Å²) in [6.45, 7) is 24.9. The van der Waals surface area contributed by atoms with Crippen molar-refractivity contribution < 1.29 is 214 Å². The van der Waals surface area contributed by atoms with Gasteiger partial charge >= 0.3 is 35.8 Å². The molecule has 0 bridgehead atoms. The molecule has 29 heteroatoms. The first kappa shape index (κ1) is 105. The van der Waals surface area contributed by atoms with Crippen LogP contribution < -0.4 is 28.4 Å². The first-order chi connectivity index (χ1) is 49.3. The zero-order valence-electron chi connectivity index (χ0n) is 58.4. The van der Waals surface area contributed by atoms with Crippen LogP contribution in [0.4, 0.5) is 0 Å². The van der Waals surface area contributed by atoms with Crippen molar-refractivity contribution in [3.63, 3.8) is 0 Å². The Kier molecular flexibility index (Phi) is 73.6. The van der Waals surface area contributed by atoms with Gasteiger partial charge in [0.05, 0.1) is 25.4 Å². The smallest absolute Gasteiger partial charge is 0.330 e. The van der Waals surface area contributed by atoms with Crippen molar-refractivity contribution in [1.82, 2.24) is 0 Å². The molecule has 0 amide bonds. The number of aliphatic hydroxyl groups excluding tert-OH is 4. The van der Waals surface area contributed by atoms with Gasteiger partial charge in [-0.05, 0) is 13.8 Å². The number of benzene rings is 6. The molecule has 0 saturated heterocycles. The molecular weight excluding hydrogens is 1820 g/mol. The Morgan fingerprint density at radius 2 is 0.486 bits per heavy atom. The average Bonchev–Trinajstić information content (AvgIpc) is 1.16. The number of carbonyl (C=O) groups excluding carboxylic acids is 6. The molecule has 4 N–H and O–H groups in total. The van der Waals surface area contributed by atoms with E-state index in [4.69, 9.17) is 56.8 Å². The Morgan fingerprint density at radius 3 is 0.695 bits per heavy atom. The van der Waals surface area contributed by atoms with Gasteiger partial charge in [0.2, 0.25) is 0 Å². The van der Waals surface area contributed by atoms with E-state index < -0.39 is 60.2 Å². The Bertz CT molecular complexity index is 2980. The maximum Gasteiger partial charge on any atom is 0.330 e. The van der Waals surface area contributed by atoms with Gasteiger partial charge in [0.1, 0.15) is 104 Å². The predicted octanol–water partition coefficient (Wildman–Crippen LogP) is 9.59. The quantitative estimate of drug-likeness (QED) is 0.00694. The fourth-order valence-electron chi connectivity index (χ4n) is 6.13. The molecule has 0 aliphatic carbocycles. The van der Waals surface area contributed by atoms with E-state index in [2.05, 4.69) is 123 Å². The minimum absolute atomic E-state index is 0. The number of halogens is 2. The van der Waals surface area contributed by atoms with Crippen LogP contribution in [0.25, 0.3) is 0 Å². The molecule has 0 fully saturated rings. The summed E-state index contributed by atoms with van der Waals surface area (Å²) in [6, 6.07) is 59.4. The molecule has 6 aromatic rings. The minimum atomic E-state index is -0.868. The van der Waals surface area contributed by atoms with Gasteiger partial charge in [0, 0.05) is 206 Å². The number of hydrogen-bond acceptors (Lipinski definition) is 24. The van der Waals surface area contributed by atoms with Crippen LogP contribution in [-0.2, 0) is 165 Å². The average molecular weight is 1900 g/mol. The van der Waals surface area contributed by atoms with E-state index in [1.807, 2.05) is 13.8 Å². The normalized spacial score (nSPS) is 11.1. The molecule has 3 radical (unpaired) electrons. The second-order valence-electron chi connectivity index (χ2n) is 19.3. The maximum absolute atomic E-state index is 10.8. The number of ether oxygens (including phenoxy) is 14. The Balaban J connectivity index is -0.000000580. The largest absolute Gasteiger partial charge is 0.516 e. The molecule has 6 unspecified atom stereocenters. The second kappa shape index (κ2) is 73.4. The van der Waals surface area contributed by atoms with E-state index in [9.17, 15) is 49.2 Å². The number of hydrogen-bond donors (Lipinski definition) is 4. The van der Waals surface area contributed by atoms with Gasteiger partial charge in [0.15, 0.2) is 0 Å². The van der Waals surface area contributed by atoms with Crippen LogP contribution in [0.5, 0.6) is 34.5 Å². The van der Waals surface area contributed by atoms with E-state index in [0.29, 0.717) is 37.9 Å². The van der Waals surface area contributed by atoms with Crippen molar-refractivity contribution in [2.75, 3.05) is 92.5 Å². The predicted molar refractivity (Wildman–Crippen MR) is 394 cm³/mol.